The maximum absolute atomic E-state index is 12.4. The van der Waals surface area contributed by atoms with Crippen molar-refractivity contribution in [1.29, 1.82) is 0 Å². The van der Waals surface area contributed by atoms with Crippen molar-refractivity contribution in [3.63, 3.8) is 0 Å². The van der Waals surface area contributed by atoms with Crippen LogP contribution in [0.5, 0.6) is 0 Å². The number of unbranched alkanes of at least 4 members (excludes halogenated alkanes) is 43. The van der Waals surface area contributed by atoms with Gasteiger partial charge in [0.1, 0.15) is 0 Å². The number of carbonyl (C=O) groups excluding carboxylic acids is 2. The molecule has 6 heteroatoms. The van der Waals surface area contributed by atoms with Crippen LogP contribution in [-0.4, -0.2) is 47.4 Å². The van der Waals surface area contributed by atoms with Gasteiger partial charge >= 0.3 is 5.97 Å². The van der Waals surface area contributed by atoms with Gasteiger partial charge in [0, 0.05) is 12.8 Å². The van der Waals surface area contributed by atoms with Crippen LogP contribution >= 0.6 is 0 Å². The van der Waals surface area contributed by atoms with Gasteiger partial charge in [0.25, 0.3) is 0 Å². The molecule has 0 aliphatic heterocycles. The van der Waals surface area contributed by atoms with Crippen LogP contribution in [0.25, 0.3) is 0 Å². The summed E-state index contributed by atoms with van der Waals surface area (Å²) in [5, 5.41) is 23.2. The van der Waals surface area contributed by atoms with Crippen molar-refractivity contribution in [2.45, 2.75) is 347 Å². The third kappa shape index (κ3) is 52.0. The Morgan fingerprint density at radius 2 is 0.712 bits per heavy atom. The molecule has 0 radical (unpaired) electrons. The molecule has 0 bridgehead atoms. The molecule has 3 N–H and O–H groups in total. The van der Waals surface area contributed by atoms with E-state index < -0.39 is 12.1 Å². The fourth-order valence-corrected chi connectivity index (χ4v) is 9.46. The average molecular weight is 933 g/mol. The number of rotatable bonds is 56. The second kappa shape index (κ2) is 56.2. The van der Waals surface area contributed by atoms with Crippen LogP contribution in [0.15, 0.2) is 12.2 Å². The number of allylic oxidation sites excluding steroid dienone is 2. The zero-order valence-corrected chi connectivity index (χ0v) is 44.7. The van der Waals surface area contributed by atoms with Crippen LogP contribution in [0.4, 0.5) is 0 Å². The predicted octanol–water partition coefficient (Wildman–Crippen LogP) is 18.5. The number of nitrogens with one attached hydrogen (secondary N) is 1. The summed E-state index contributed by atoms with van der Waals surface area (Å²) in [5.41, 5.74) is 0. The fourth-order valence-electron chi connectivity index (χ4n) is 9.46. The smallest absolute Gasteiger partial charge is 0.305 e. The van der Waals surface area contributed by atoms with Gasteiger partial charge in [-0.25, -0.2) is 0 Å². The van der Waals surface area contributed by atoms with Crippen molar-refractivity contribution in [3.8, 4) is 0 Å². The first-order valence-electron chi connectivity index (χ1n) is 29.9. The van der Waals surface area contributed by atoms with E-state index in [2.05, 4.69) is 31.3 Å². The molecule has 392 valence electrons. The van der Waals surface area contributed by atoms with Gasteiger partial charge in [-0.15, -0.1) is 0 Å². The molecule has 2 unspecified atom stereocenters. The summed E-state index contributed by atoms with van der Waals surface area (Å²) in [5.74, 6) is -0.0265. The fraction of sp³-hybridized carbons (Fsp3) is 0.933. The summed E-state index contributed by atoms with van der Waals surface area (Å²) in [6.07, 6.45) is 66.4. The van der Waals surface area contributed by atoms with Gasteiger partial charge < -0.3 is 20.3 Å². The third-order valence-electron chi connectivity index (χ3n) is 14.1. The highest BCUT2D eigenvalue weighted by molar-refractivity contribution is 5.76. The standard InChI is InChI=1S/C60H117NO5/c1-3-5-7-9-11-13-15-16-17-23-27-30-34-38-42-46-50-54-60(65)66-55-51-47-43-39-35-31-28-25-22-20-18-19-21-24-26-29-33-37-41-45-49-53-59(64)61-57(56-62)58(63)52-48-44-40-36-32-14-12-10-8-6-4-2/h16-17,57-58,62-63H,3-15,18-56H2,1-2H3,(H,61,64)/b17-16-. The van der Waals surface area contributed by atoms with Crippen molar-refractivity contribution in [3.05, 3.63) is 12.2 Å². The second-order valence-electron chi connectivity index (χ2n) is 20.7. The van der Waals surface area contributed by atoms with E-state index in [-0.39, 0.29) is 18.5 Å². The zero-order valence-electron chi connectivity index (χ0n) is 44.7. The first kappa shape index (κ1) is 64.6. The highest BCUT2D eigenvalue weighted by Gasteiger charge is 2.20. The summed E-state index contributed by atoms with van der Waals surface area (Å²) in [4.78, 5) is 24.5. The predicted molar refractivity (Wildman–Crippen MR) is 287 cm³/mol. The summed E-state index contributed by atoms with van der Waals surface area (Å²) in [7, 11) is 0. The number of hydrogen-bond acceptors (Lipinski definition) is 5. The Morgan fingerprint density at radius 1 is 0.409 bits per heavy atom. The van der Waals surface area contributed by atoms with Crippen LogP contribution in [0.1, 0.15) is 335 Å². The molecule has 0 fully saturated rings. The van der Waals surface area contributed by atoms with Crippen LogP contribution in [0, 0.1) is 0 Å². The molecule has 2 atom stereocenters. The highest BCUT2D eigenvalue weighted by atomic mass is 16.5. The number of amides is 1. The van der Waals surface area contributed by atoms with E-state index in [0.717, 1.165) is 44.9 Å². The van der Waals surface area contributed by atoms with Crippen molar-refractivity contribution < 1.29 is 24.5 Å². The summed E-state index contributed by atoms with van der Waals surface area (Å²) >= 11 is 0. The molecule has 0 spiro atoms. The Labute approximate surface area is 412 Å². The molecule has 0 aliphatic carbocycles. The maximum atomic E-state index is 12.4. The summed E-state index contributed by atoms with van der Waals surface area (Å²) < 4.78 is 5.49. The maximum Gasteiger partial charge on any atom is 0.305 e. The van der Waals surface area contributed by atoms with Crippen LogP contribution < -0.4 is 5.32 Å². The minimum absolute atomic E-state index is 0.00917. The van der Waals surface area contributed by atoms with E-state index in [1.807, 2.05) is 0 Å². The van der Waals surface area contributed by atoms with E-state index in [0.29, 0.717) is 25.9 Å². The van der Waals surface area contributed by atoms with E-state index in [4.69, 9.17) is 4.74 Å². The Kier molecular flexibility index (Phi) is 55.0. The summed E-state index contributed by atoms with van der Waals surface area (Å²) in [6, 6.07) is -0.540. The molecule has 0 rings (SSSR count). The van der Waals surface area contributed by atoms with Crippen molar-refractivity contribution in [2.75, 3.05) is 13.2 Å². The number of aliphatic hydroxyl groups excluding tert-OH is 2. The minimum atomic E-state index is -0.663. The average Bonchev–Trinajstić information content (AvgIpc) is 3.32. The Bertz CT molecular complexity index is 986. The molecule has 1 amide bonds. The Morgan fingerprint density at radius 3 is 1.08 bits per heavy atom. The van der Waals surface area contributed by atoms with Crippen molar-refractivity contribution in [1.82, 2.24) is 5.32 Å². The lowest BCUT2D eigenvalue weighted by Gasteiger charge is -2.22. The first-order chi connectivity index (χ1) is 32.5. The molecule has 0 heterocycles. The quantitative estimate of drug-likeness (QED) is 0.0321. The van der Waals surface area contributed by atoms with Crippen molar-refractivity contribution in [2.24, 2.45) is 0 Å². The van der Waals surface area contributed by atoms with Crippen molar-refractivity contribution >= 4 is 11.9 Å². The number of aliphatic hydroxyl groups is 2. The van der Waals surface area contributed by atoms with Gasteiger partial charge in [-0.3, -0.25) is 9.59 Å². The first-order valence-corrected chi connectivity index (χ1v) is 29.9. The summed E-state index contributed by atoms with van der Waals surface area (Å²) in [6.45, 7) is 4.95. The monoisotopic (exact) mass is 932 g/mol. The van der Waals surface area contributed by atoms with Gasteiger partial charge in [-0.2, -0.15) is 0 Å². The molecule has 0 aromatic rings. The largest absolute Gasteiger partial charge is 0.466 e. The van der Waals surface area contributed by atoms with E-state index >= 15 is 0 Å². The molecule has 66 heavy (non-hydrogen) atoms. The minimum Gasteiger partial charge on any atom is -0.466 e. The highest BCUT2D eigenvalue weighted by Crippen LogP contribution is 2.18. The van der Waals surface area contributed by atoms with E-state index in [9.17, 15) is 19.8 Å². The van der Waals surface area contributed by atoms with Gasteiger partial charge in [-0.1, -0.05) is 283 Å². The molecule has 0 saturated heterocycles. The molecular weight excluding hydrogens is 815 g/mol. The Hall–Kier alpha value is -1.40. The van der Waals surface area contributed by atoms with Gasteiger partial charge in [0.2, 0.25) is 5.91 Å². The zero-order chi connectivity index (χ0) is 47.9. The van der Waals surface area contributed by atoms with E-state index in [1.165, 1.54) is 257 Å². The van der Waals surface area contributed by atoms with Crippen LogP contribution in [0.3, 0.4) is 0 Å². The molecular formula is C60H117NO5. The normalized spacial score (nSPS) is 12.6. The van der Waals surface area contributed by atoms with Crippen LogP contribution in [-0.2, 0) is 14.3 Å². The Balaban J connectivity index is 3.35. The molecule has 0 aliphatic rings. The van der Waals surface area contributed by atoms with Crippen LogP contribution in [0.2, 0.25) is 0 Å². The number of esters is 1. The molecule has 0 saturated carbocycles. The number of ether oxygens (including phenoxy) is 1. The third-order valence-corrected chi connectivity index (χ3v) is 14.1. The lowest BCUT2D eigenvalue weighted by Crippen LogP contribution is -2.45. The lowest BCUT2D eigenvalue weighted by atomic mass is 10.0. The van der Waals surface area contributed by atoms with Gasteiger partial charge in [-0.05, 0) is 51.4 Å². The number of carbonyl (C=O) groups is 2. The van der Waals surface area contributed by atoms with Gasteiger partial charge in [0.05, 0.1) is 25.4 Å². The van der Waals surface area contributed by atoms with Gasteiger partial charge in [0.15, 0.2) is 0 Å². The molecule has 6 nitrogen and oxygen atoms in total. The van der Waals surface area contributed by atoms with E-state index in [1.54, 1.807) is 0 Å². The number of hydrogen-bond donors (Lipinski definition) is 3. The topological polar surface area (TPSA) is 95.9 Å². The lowest BCUT2D eigenvalue weighted by molar-refractivity contribution is -0.143. The molecule has 0 aromatic carbocycles. The molecule has 0 aromatic heterocycles. The second-order valence-corrected chi connectivity index (χ2v) is 20.7. The SMILES string of the molecule is CCCCCCCC/C=C\CCCCCCCCCC(=O)OCCCCCCCCCCCCCCCCCCCCCCCC(=O)NC(CO)C(O)CCCCCCCCCCCCC.